The third kappa shape index (κ3) is 3.38. The Bertz CT molecular complexity index is 579. The molecule has 120 valence electrons. The van der Waals surface area contributed by atoms with E-state index in [1.165, 1.54) is 0 Å². The van der Waals surface area contributed by atoms with E-state index in [2.05, 4.69) is 16.0 Å². The van der Waals surface area contributed by atoms with E-state index in [-0.39, 0.29) is 6.09 Å². The Hall–Kier alpha value is -1.69. The topological polar surface area (TPSA) is 45.7 Å². The minimum absolute atomic E-state index is 0.310. The van der Waals surface area contributed by atoms with Crippen LogP contribution in [0.5, 0.6) is 0 Å². The monoisotopic (exact) mass is 307 g/mol. The van der Waals surface area contributed by atoms with Crippen molar-refractivity contribution in [3.63, 3.8) is 0 Å². The van der Waals surface area contributed by atoms with Gasteiger partial charge in [0.25, 0.3) is 0 Å². The second kappa shape index (κ2) is 5.50. The van der Waals surface area contributed by atoms with Crippen LogP contribution >= 0.6 is 0 Å². The van der Waals surface area contributed by atoms with Gasteiger partial charge in [0, 0.05) is 25.8 Å². The average Bonchev–Trinajstić information content (AvgIpc) is 2.78. The number of hydrogen-bond donors (Lipinski definition) is 0. The Morgan fingerprint density at radius 3 is 2.77 bits per heavy atom. The Kier molecular flexibility index (Phi) is 3.80. The van der Waals surface area contributed by atoms with Gasteiger partial charge in [0.2, 0.25) is 0 Å². The number of alkyl halides is 1. The summed E-state index contributed by atoms with van der Waals surface area (Å²) in [6.45, 7) is 8.30. The Balaban J connectivity index is 1.62. The standard InChI is InChI=1S/C16H22FN3O2/c1-16(2,3)22-15(21)20-7-12-4-11(5-18-14(12)10-20)6-19-8-13(17)9-19/h4-5,13H,6-10H2,1-3H3. The number of amides is 1. The molecule has 0 unspecified atom stereocenters. The number of likely N-dealkylation sites (tertiary alicyclic amines) is 1. The molecule has 0 N–H and O–H groups in total. The molecule has 1 aromatic rings. The lowest BCUT2D eigenvalue weighted by Gasteiger charge is -2.34. The maximum absolute atomic E-state index is 12.8. The van der Waals surface area contributed by atoms with Crippen LogP contribution in [0, 0.1) is 0 Å². The molecule has 3 heterocycles. The predicted molar refractivity (Wildman–Crippen MR) is 79.9 cm³/mol. The first kappa shape index (κ1) is 15.2. The van der Waals surface area contributed by atoms with Crippen LogP contribution in [0.3, 0.4) is 0 Å². The molecule has 0 spiro atoms. The van der Waals surface area contributed by atoms with Crippen molar-refractivity contribution < 1.29 is 13.9 Å². The van der Waals surface area contributed by atoms with Gasteiger partial charge in [-0.25, -0.2) is 9.18 Å². The Morgan fingerprint density at radius 1 is 1.41 bits per heavy atom. The summed E-state index contributed by atoms with van der Waals surface area (Å²) in [4.78, 5) is 20.3. The van der Waals surface area contributed by atoms with E-state index in [0.29, 0.717) is 32.7 Å². The molecule has 0 radical (unpaired) electrons. The van der Waals surface area contributed by atoms with E-state index < -0.39 is 11.8 Å². The number of hydrogen-bond acceptors (Lipinski definition) is 4. The van der Waals surface area contributed by atoms with Crippen molar-refractivity contribution in [3.8, 4) is 0 Å². The van der Waals surface area contributed by atoms with Gasteiger partial charge in [0.1, 0.15) is 11.8 Å². The summed E-state index contributed by atoms with van der Waals surface area (Å²) in [5, 5.41) is 0. The van der Waals surface area contributed by atoms with Crippen molar-refractivity contribution in [3.05, 3.63) is 29.1 Å². The van der Waals surface area contributed by atoms with E-state index in [0.717, 1.165) is 16.8 Å². The highest BCUT2D eigenvalue weighted by molar-refractivity contribution is 5.69. The largest absolute Gasteiger partial charge is 0.444 e. The second-order valence-electron chi connectivity index (χ2n) is 7.08. The van der Waals surface area contributed by atoms with Crippen LogP contribution in [0.4, 0.5) is 9.18 Å². The van der Waals surface area contributed by atoms with Gasteiger partial charge in [0.15, 0.2) is 0 Å². The summed E-state index contributed by atoms with van der Waals surface area (Å²) in [6, 6.07) is 2.07. The average molecular weight is 307 g/mol. The summed E-state index contributed by atoms with van der Waals surface area (Å²) in [7, 11) is 0. The fourth-order valence-corrected chi connectivity index (χ4v) is 2.75. The number of fused-ring (bicyclic) bond motifs is 1. The lowest BCUT2D eigenvalue weighted by molar-refractivity contribution is 0.0240. The highest BCUT2D eigenvalue weighted by Gasteiger charge is 2.30. The number of carbonyl (C=O) groups is 1. The van der Waals surface area contributed by atoms with Crippen molar-refractivity contribution in [2.24, 2.45) is 0 Å². The molecule has 0 atom stereocenters. The van der Waals surface area contributed by atoms with Crippen molar-refractivity contribution in [2.45, 2.75) is 52.2 Å². The molecule has 1 fully saturated rings. The van der Waals surface area contributed by atoms with E-state index >= 15 is 0 Å². The number of carbonyl (C=O) groups excluding carboxylic acids is 1. The van der Waals surface area contributed by atoms with Gasteiger partial charge in [-0.3, -0.25) is 14.8 Å². The van der Waals surface area contributed by atoms with Crippen LogP contribution in [0.1, 0.15) is 37.6 Å². The third-order valence-electron chi connectivity index (χ3n) is 3.79. The number of halogens is 1. The molecule has 1 amide bonds. The van der Waals surface area contributed by atoms with E-state index in [1.54, 1.807) is 4.90 Å². The van der Waals surface area contributed by atoms with Crippen LogP contribution in [0.25, 0.3) is 0 Å². The maximum atomic E-state index is 12.8. The highest BCUT2D eigenvalue weighted by atomic mass is 19.1. The first-order valence-corrected chi connectivity index (χ1v) is 7.61. The van der Waals surface area contributed by atoms with Crippen LogP contribution in [-0.4, -0.2) is 45.7 Å². The Labute approximate surface area is 130 Å². The fourth-order valence-electron chi connectivity index (χ4n) is 2.75. The number of rotatable bonds is 2. The molecule has 3 rings (SSSR count). The van der Waals surface area contributed by atoms with Crippen molar-refractivity contribution >= 4 is 6.09 Å². The first-order chi connectivity index (χ1) is 10.3. The van der Waals surface area contributed by atoms with Gasteiger partial charge in [-0.15, -0.1) is 0 Å². The summed E-state index contributed by atoms with van der Waals surface area (Å²) in [6.07, 6.45) is 0.823. The number of nitrogens with zero attached hydrogens (tertiary/aromatic N) is 3. The zero-order valence-corrected chi connectivity index (χ0v) is 13.3. The van der Waals surface area contributed by atoms with E-state index in [4.69, 9.17) is 4.74 Å². The van der Waals surface area contributed by atoms with Crippen molar-refractivity contribution in [1.82, 2.24) is 14.8 Å². The van der Waals surface area contributed by atoms with Gasteiger partial charge in [0.05, 0.1) is 18.8 Å². The molecule has 5 nitrogen and oxygen atoms in total. The lowest BCUT2D eigenvalue weighted by atomic mass is 10.1. The van der Waals surface area contributed by atoms with Gasteiger partial charge in [-0.1, -0.05) is 0 Å². The fraction of sp³-hybridized carbons (Fsp3) is 0.625. The molecule has 0 aliphatic carbocycles. The third-order valence-corrected chi connectivity index (χ3v) is 3.79. The number of aromatic nitrogens is 1. The second-order valence-corrected chi connectivity index (χ2v) is 7.08. The molecule has 0 aromatic carbocycles. The molecular weight excluding hydrogens is 285 g/mol. The predicted octanol–water partition coefficient (Wildman–Crippen LogP) is 2.49. The van der Waals surface area contributed by atoms with E-state index in [1.807, 2.05) is 27.0 Å². The zero-order chi connectivity index (χ0) is 15.9. The molecule has 2 aliphatic heterocycles. The lowest BCUT2D eigenvalue weighted by Crippen LogP contribution is -2.47. The van der Waals surface area contributed by atoms with Crippen LogP contribution < -0.4 is 0 Å². The molecule has 1 aromatic heterocycles. The smallest absolute Gasteiger partial charge is 0.410 e. The van der Waals surface area contributed by atoms with E-state index in [9.17, 15) is 9.18 Å². The number of pyridine rings is 1. The molecule has 0 saturated carbocycles. The summed E-state index contributed by atoms with van der Waals surface area (Å²) >= 11 is 0. The summed E-state index contributed by atoms with van der Waals surface area (Å²) in [5.74, 6) is 0. The quantitative estimate of drug-likeness (QED) is 0.842. The molecule has 6 heteroatoms. The Morgan fingerprint density at radius 2 is 2.14 bits per heavy atom. The van der Waals surface area contributed by atoms with Crippen LogP contribution in [-0.2, 0) is 24.4 Å². The maximum Gasteiger partial charge on any atom is 0.410 e. The summed E-state index contributed by atoms with van der Waals surface area (Å²) < 4.78 is 18.2. The normalized spacial score (nSPS) is 19.0. The summed E-state index contributed by atoms with van der Waals surface area (Å²) in [5.41, 5.74) is 2.55. The number of ether oxygens (including phenoxy) is 1. The minimum atomic E-state index is -0.690. The molecule has 0 bridgehead atoms. The molecule has 2 aliphatic rings. The van der Waals surface area contributed by atoms with Gasteiger partial charge in [-0.05, 0) is 38.0 Å². The van der Waals surface area contributed by atoms with Crippen molar-refractivity contribution in [2.75, 3.05) is 13.1 Å². The van der Waals surface area contributed by atoms with Crippen LogP contribution in [0.2, 0.25) is 0 Å². The molecule has 22 heavy (non-hydrogen) atoms. The zero-order valence-electron chi connectivity index (χ0n) is 13.3. The first-order valence-electron chi connectivity index (χ1n) is 7.61. The SMILES string of the molecule is CC(C)(C)OC(=O)N1Cc2cc(CN3CC(F)C3)cnc2C1. The molecule has 1 saturated heterocycles. The highest BCUT2D eigenvalue weighted by Crippen LogP contribution is 2.25. The van der Waals surface area contributed by atoms with Gasteiger partial charge >= 0.3 is 6.09 Å². The minimum Gasteiger partial charge on any atom is -0.444 e. The van der Waals surface area contributed by atoms with Crippen molar-refractivity contribution in [1.29, 1.82) is 0 Å². The van der Waals surface area contributed by atoms with Crippen LogP contribution in [0.15, 0.2) is 12.3 Å². The van der Waals surface area contributed by atoms with Gasteiger partial charge in [-0.2, -0.15) is 0 Å². The molecular formula is C16H22FN3O2. The van der Waals surface area contributed by atoms with Gasteiger partial charge < -0.3 is 4.74 Å².